The summed E-state index contributed by atoms with van der Waals surface area (Å²) in [7, 11) is 2.24. The van der Waals surface area contributed by atoms with E-state index in [2.05, 4.69) is 61.3 Å². The van der Waals surface area contributed by atoms with Crippen molar-refractivity contribution in [3.63, 3.8) is 0 Å². The molecule has 2 atom stereocenters. The van der Waals surface area contributed by atoms with Gasteiger partial charge in [-0.3, -0.25) is 0 Å². The molecule has 0 amide bonds. The molecule has 0 radical (unpaired) electrons. The van der Waals surface area contributed by atoms with Gasteiger partial charge in [0, 0.05) is 51.2 Å². The molecule has 0 aromatic heterocycles. The van der Waals surface area contributed by atoms with Crippen LogP contribution < -0.4 is 0 Å². The topological polar surface area (TPSA) is 13.0 Å². The van der Waals surface area contributed by atoms with Gasteiger partial charge in [0.15, 0.2) is 0 Å². The Hall–Kier alpha value is -0.160. The Balaban J connectivity index is 0.000000163. The van der Waals surface area contributed by atoms with E-state index in [1.807, 2.05) is 0 Å². The fourth-order valence-electron chi connectivity index (χ4n) is 5.26. The van der Waals surface area contributed by atoms with Crippen LogP contribution in [-0.4, -0.2) is 98.6 Å². The van der Waals surface area contributed by atoms with Crippen molar-refractivity contribution in [2.45, 2.75) is 47.5 Å². The molecule has 2 unspecified atom stereocenters. The molecular weight excluding hydrogens is 320 g/mol. The smallest absolute Gasteiger partial charge is 0.00969 e. The minimum atomic E-state index is 0.714. The predicted molar refractivity (Wildman–Crippen MR) is 114 cm³/mol. The van der Waals surface area contributed by atoms with E-state index in [9.17, 15) is 0 Å². The Kier molecular flexibility index (Phi) is 8.85. The van der Waals surface area contributed by atoms with Gasteiger partial charge in [0.1, 0.15) is 0 Å². The zero-order valence-corrected chi connectivity index (χ0v) is 18.6. The summed E-state index contributed by atoms with van der Waals surface area (Å²) in [6, 6.07) is 0. The Morgan fingerprint density at radius 2 is 1.15 bits per heavy atom. The normalized spacial score (nSPS) is 31.2. The average Bonchev–Trinajstić information content (AvgIpc) is 3.26. The first-order chi connectivity index (χ1) is 12.5. The number of hydrogen-bond acceptors (Lipinski definition) is 4. The molecule has 4 aliphatic rings. The van der Waals surface area contributed by atoms with Crippen molar-refractivity contribution >= 4 is 0 Å². The molecule has 4 heteroatoms. The van der Waals surface area contributed by atoms with E-state index in [1.54, 1.807) is 0 Å². The molecule has 0 aromatic rings. The third-order valence-electron chi connectivity index (χ3n) is 6.72. The van der Waals surface area contributed by atoms with Crippen molar-refractivity contribution in [3.8, 4) is 0 Å². The summed E-state index contributed by atoms with van der Waals surface area (Å²) in [5.41, 5.74) is 0.714. The SMILES string of the molecule is CCC.CCN1CC2CN(C)CC2C1.CCN1CCC2(C1)CN(CC)C2. The molecule has 4 rings (SSSR count). The fourth-order valence-corrected chi connectivity index (χ4v) is 5.26. The van der Waals surface area contributed by atoms with E-state index in [0.29, 0.717) is 5.41 Å². The van der Waals surface area contributed by atoms with Crippen LogP contribution in [0.15, 0.2) is 0 Å². The minimum Gasteiger partial charge on any atom is -0.306 e. The molecule has 154 valence electrons. The first-order valence-corrected chi connectivity index (χ1v) is 11.3. The summed E-state index contributed by atoms with van der Waals surface area (Å²) in [5.74, 6) is 1.97. The highest BCUT2D eigenvalue weighted by molar-refractivity contribution is 5.00. The van der Waals surface area contributed by atoms with Crippen molar-refractivity contribution in [2.24, 2.45) is 17.3 Å². The standard InChI is InChI=1S/C10H20N2.C9H18N2.C3H8/c1-3-11-6-5-10(7-11)8-12(4-2)9-10;1-3-11-6-8-4-10(2)5-9(8)7-11;1-3-2/h3-9H2,1-2H3;8-9H,3-7H2,1-2H3;3H2,1-2H3. The molecule has 0 N–H and O–H groups in total. The maximum Gasteiger partial charge on any atom is 0.00969 e. The maximum absolute atomic E-state index is 2.59. The lowest BCUT2D eigenvalue weighted by molar-refractivity contribution is 0.0134. The summed E-state index contributed by atoms with van der Waals surface area (Å²) in [5, 5.41) is 0. The number of fused-ring (bicyclic) bond motifs is 1. The van der Waals surface area contributed by atoms with E-state index in [4.69, 9.17) is 0 Å². The summed E-state index contributed by atoms with van der Waals surface area (Å²) in [6.07, 6.45) is 2.69. The van der Waals surface area contributed by atoms with Crippen molar-refractivity contribution in [1.82, 2.24) is 19.6 Å². The summed E-state index contributed by atoms with van der Waals surface area (Å²) in [6.45, 7) is 25.6. The van der Waals surface area contributed by atoms with E-state index in [-0.39, 0.29) is 0 Å². The van der Waals surface area contributed by atoms with E-state index < -0.39 is 0 Å². The van der Waals surface area contributed by atoms with Gasteiger partial charge in [-0.15, -0.1) is 0 Å². The molecule has 4 heterocycles. The van der Waals surface area contributed by atoms with Gasteiger partial charge >= 0.3 is 0 Å². The second-order valence-corrected chi connectivity index (χ2v) is 9.22. The molecule has 0 aliphatic carbocycles. The summed E-state index contributed by atoms with van der Waals surface area (Å²) >= 11 is 0. The Bertz CT molecular complexity index is 380. The van der Waals surface area contributed by atoms with Crippen LogP contribution in [0.3, 0.4) is 0 Å². The summed E-state index contributed by atoms with van der Waals surface area (Å²) in [4.78, 5) is 10.2. The molecule has 0 saturated carbocycles. The monoisotopic (exact) mass is 366 g/mol. The second-order valence-electron chi connectivity index (χ2n) is 9.22. The van der Waals surface area contributed by atoms with Crippen molar-refractivity contribution in [2.75, 3.05) is 79.0 Å². The van der Waals surface area contributed by atoms with Gasteiger partial charge in [-0.25, -0.2) is 0 Å². The quantitative estimate of drug-likeness (QED) is 0.761. The van der Waals surface area contributed by atoms with Crippen molar-refractivity contribution < 1.29 is 0 Å². The molecule has 4 nitrogen and oxygen atoms in total. The van der Waals surface area contributed by atoms with Crippen LogP contribution in [0.4, 0.5) is 0 Å². The highest BCUT2D eigenvalue weighted by Gasteiger charge is 2.46. The largest absolute Gasteiger partial charge is 0.306 e. The molecule has 4 saturated heterocycles. The van der Waals surface area contributed by atoms with Crippen LogP contribution in [0.5, 0.6) is 0 Å². The molecule has 1 spiro atoms. The maximum atomic E-state index is 2.59. The predicted octanol–water partition coefficient (Wildman–Crippen LogP) is 2.95. The molecule has 26 heavy (non-hydrogen) atoms. The van der Waals surface area contributed by atoms with Gasteiger partial charge in [-0.2, -0.15) is 0 Å². The van der Waals surface area contributed by atoms with E-state index in [0.717, 1.165) is 11.8 Å². The zero-order chi connectivity index (χ0) is 19.2. The lowest BCUT2D eigenvalue weighted by atomic mass is 9.79. The van der Waals surface area contributed by atoms with E-state index in [1.165, 1.54) is 84.8 Å². The van der Waals surface area contributed by atoms with Crippen LogP contribution in [0.25, 0.3) is 0 Å². The lowest BCUT2D eigenvalue weighted by Crippen LogP contribution is -2.57. The van der Waals surface area contributed by atoms with Gasteiger partial charge in [-0.1, -0.05) is 41.0 Å². The van der Waals surface area contributed by atoms with Gasteiger partial charge < -0.3 is 19.6 Å². The number of hydrogen-bond donors (Lipinski definition) is 0. The van der Waals surface area contributed by atoms with Gasteiger partial charge in [-0.05, 0) is 51.5 Å². The van der Waals surface area contributed by atoms with Crippen molar-refractivity contribution in [3.05, 3.63) is 0 Å². The summed E-state index contributed by atoms with van der Waals surface area (Å²) < 4.78 is 0. The number of nitrogens with zero attached hydrogens (tertiary/aromatic N) is 4. The lowest BCUT2D eigenvalue weighted by Gasteiger charge is -2.47. The molecule has 4 fully saturated rings. The fraction of sp³-hybridized carbons (Fsp3) is 1.00. The average molecular weight is 367 g/mol. The zero-order valence-electron chi connectivity index (χ0n) is 18.6. The van der Waals surface area contributed by atoms with Gasteiger partial charge in [0.2, 0.25) is 0 Å². The van der Waals surface area contributed by atoms with Crippen LogP contribution in [0.1, 0.15) is 47.5 Å². The second kappa shape index (κ2) is 10.4. The highest BCUT2D eigenvalue weighted by Crippen LogP contribution is 2.38. The number of likely N-dealkylation sites (tertiary alicyclic amines) is 4. The van der Waals surface area contributed by atoms with Crippen LogP contribution in [0.2, 0.25) is 0 Å². The highest BCUT2D eigenvalue weighted by atomic mass is 15.3. The third kappa shape index (κ3) is 5.67. The first-order valence-electron chi connectivity index (χ1n) is 11.3. The Labute approximate surface area is 163 Å². The van der Waals surface area contributed by atoms with Crippen molar-refractivity contribution in [1.29, 1.82) is 0 Å². The first kappa shape index (κ1) is 22.1. The molecule has 0 aromatic carbocycles. The minimum absolute atomic E-state index is 0.714. The Morgan fingerprint density at radius 3 is 1.58 bits per heavy atom. The van der Waals surface area contributed by atoms with E-state index >= 15 is 0 Å². The number of rotatable bonds is 3. The van der Waals surface area contributed by atoms with Gasteiger partial charge in [0.25, 0.3) is 0 Å². The third-order valence-corrected chi connectivity index (χ3v) is 6.72. The van der Waals surface area contributed by atoms with Crippen LogP contribution in [0, 0.1) is 17.3 Å². The van der Waals surface area contributed by atoms with Gasteiger partial charge in [0.05, 0.1) is 0 Å². The molecule has 4 aliphatic heterocycles. The van der Waals surface area contributed by atoms with Crippen LogP contribution in [-0.2, 0) is 0 Å². The molecule has 0 bridgehead atoms. The van der Waals surface area contributed by atoms with Crippen LogP contribution >= 0.6 is 0 Å². The Morgan fingerprint density at radius 1 is 0.692 bits per heavy atom. The molecular formula is C22H46N4.